The fourth-order valence-electron chi connectivity index (χ4n) is 3.14. The van der Waals surface area contributed by atoms with Gasteiger partial charge in [0.1, 0.15) is 4.90 Å². The summed E-state index contributed by atoms with van der Waals surface area (Å²) in [5, 5.41) is 11.1. The van der Waals surface area contributed by atoms with Crippen molar-refractivity contribution >= 4 is 16.8 Å². The van der Waals surface area contributed by atoms with Gasteiger partial charge in [0, 0.05) is 6.07 Å². The monoisotopic (exact) mass is 325 g/mol. The van der Waals surface area contributed by atoms with E-state index < -0.39 is 16.0 Å². The van der Waals surface area contributed by atoms with Gasteiger partial charge in [0.05, 0.1) is 11.0 Å². The van der Waals surface area contributed by atoms with Crippen molar-refractivity contribution in [3.8, 4) is 0 Å². The molecule has 1 aromatic carbocycles. The van der Waals surface area contributed by atoms with Gasteiger partial charge >= 0.3 is 0 Å². The van der Waals surface area contributed by atoms with Crippen molar-refractivity contribution < 1.29 is 13.3 Å². The second-order valence-electron chi connectivity index (χ2n) is 6.42. The van der Waals surface area contributed by atoms with Crippen LogP contribution >= 0.6 is 0 Å². The largest absolute Gasteiger partial charge is 0.287 e. The molecule has 0 radical (unpaired) electrons. The number of benzene rings is 1. The molecule has 0 amide bonds. The maximum Gasteiger partial charge on any atom is 0.287 e. The second-order valence-corrected chi connectivity index (χ2v) is 7.52. The molecule has 5 nitrogen and oxygen atoms in total. The van der Waals surface area contributed by atoms with E-state index in [2.05, 4.69) is 20.8 Å². The summed E-state index contributed by atoms with van der Waals surface area (Å²) in [4.78, 5) is 10.7. The normalized spacial score (nSPS) is 26.8. The first-order chi connectivity index (χ1) is 10.4. The van der Waals surface area contributed by atoms with Crippen LogP contribution in [0.3, 0.4) is 0 Å². The average Bonchev–Trinajstić information content (AvgIpc) is 2.46. The molecule has 4 atom stereocenters. The van der Waals surface area contributed by atoms with E-state index in [4.69, 9.17) is 4.18 Å². The van der Waals surface area contributed by atoms with Crippen molar-refractivity contribution in [3.63, 3.8) is 0 Å². The highest BCUT2D eigenvalue weighted by Gasteiger charge is 2.34. The molecule has 0 heterocycles. The molecule has 0 spiro atoms. The number of nitro groups is 1. The van der Waals surface area contributed by atoms with Crippen LogP contribution in [0.25, 0.3) is 0 Å². The first kappa shape index (κ1) is 17.1. The quantitative estimate of drug-likeness (QED) is 0.604. The van der Waals surface area contributed by atoms with Crippen molar-refractivity contribution in [2.45, 2.75) is 51.0 Å². The molecule has 0 bridgehead atoms. The molecule has 0 N–H and O–H groups in total. The summed E-state index contributed by atoms with van der Waals surface area (Å²) in [5.74, 6) is 1.32. The van der Waals surface area contributed by atoms with Gasteiger partial charge in [-0.05, 0) is 36.7 Å². The molecule has 0 aromatic heterocycles. The molecule has 22 heavy (non-hydrogen) atoms. The molecular weight excluding hydrogens is 302 g/mol. The SMILES string of the molecule is CC(C)[C@@H]1CC[C@@H](C)C[C@H]1OS(=O)c1ccccc1[N+](=O)[O-]. The van der Waals surface area contributed by atoms with E-state index in [1.807, 2.05) is 0 Å². The van der Waals surface area contributed by atoms with E-state index in [9.17, 15) is 14.3 Å². The number of hydrogen-bond acceptors (Lipinski definition) is 4. The standard InChI is InChI=1S/C16H23NO4S/c1-11(2)13-9-8-12(3)10-15(13)21-22(20)16-7-5-4-6-14(16)17(18)19/h4-7,11-13,15H,8-10H2,1-3H3/t12-,13+,15-,22?/m1/s1. The molecule has 2 rings (SSSR count). The Hall–Kier alpha value is -1.27. The van der Waals surface area contributed by atoms with Crippen LogP contribution in [0.15, 0.2) is 29.2 Å². The first-order valence-corrected chi connectivity index (χ1v) is 8.80. The summed E-state index contributed by atoms with van der Waals surface area (Å²) in [6, 6.07) is 6.08. The van der Waals surface area contributed by atoms with Crippen LogP contribution in [0.1, 0.15) is 40.0 Å². The lowest BCUT2D eigenvalue weighted by Crippen LogP contribution is -2.34. The third-order valence-corrected chi connectivity index (χ3v) is 5.54. The minimum Gasteiger partial charge on any atom is -0.283 e. The lowest BCUT2D eigenvalue weighted by Gasteiger charge is -2.36. The molecular formula is C16H23NO4S. The van der Waals surface area contributed by atoms with Gasteiger partial charge in [0.2, 0.25) is 0 Å². The van der Waals surface area contributed by atoms with Crippen molar-refractivity contribution in [3.05, 3.63) is 34.4 Å². The Bertz CT molecular complexity index is 561. The van der Waals surface area contributed by atoms with Gasteiger partial charge in [-0.2, -0.15) is 0 Å². The van der Waals surface area contributed by atoms with E-state index in [-0.39, 0.29) is 16.7 Å². The van der Waals surface area contributed by atoms with Gasteiger partial charge < -0.3 is 0 Å². The summed E-state index contributed by atoms with van der Waals surface area (Å²) in [6.45, 7) is 6.45. The van der Waals surface area contributed by atoms with Crippen molar-refractivity contribution in [2.75, 3.05) is 0 Å². The first-order valence-electron chi connectivity index (χ1n) is 7.72. The van der Waals surface area contributed by atoms with Crippen molar-refractivity contribution in [2.24, 2.45) is 17.8 Å². The van der Waals surface area contributed by atoms with Crippen LogP contribution in [-0.4, -0.2) is 15.2 Å². The second kappa shape index (κ2) is 7.33. The maximum absolute atomic E-state index is 12.5. The number of nitrogens with zero attached hydrogens (tertiary/aromatic N) is 1. The zero-order chi connectivity index (χ0) is 16.3. The zero-order valence-corrected chi connectivity index (χ0v) is 14.0. The zero-order valence-electron chi connectivity index (χ0n) is 13.2. The van der Waals surface area contributed by atoms with Gasteiger partial charge in [-0.15, -0.1) is 0 Å². The molecule has 0 saturated heterocycles. The maximum atomic E-state index is 12.5. The average molecular weight is 325 g/mol. The third-order valence-electron chi connectivity index (χ3n) is 4.41. The molecule has 6 heteroatoms. The van der Waals surface area contributed by atoms with Crippen LogP contribution in [0.2, 0.25) is 0 Å². The van der Waals surface area contributed by atoms with Gasteiger partial charge in [0.15, 0.2) is 11.1 Å². The van der Waals surface area contributed by atoms with Crippen LogP contribution in [-0.2, 0) is 15.3 Å². The van der Waals surface area contributed by atoms with Crippen LogP contribution < -0.4 is 0 Å². The van der Waals surface area contributed by atoms with E-state index >= 15 is 0 Å². The highest BCUT2D eigenvalue weighted by Crippen LogP contribution is 2.36. The predicted octanol–water partition coefficient (Wildman–Crippen LogP) is 4.09. The van der Waals surface area contributed by atoms with Crippen LogP contribution in [0.4, 0.5) is 5.69 Å². The van der Waals surface area contributed by atoms with E-state index in [0.717, 1.165) is 19.3 Å². The number of nitro benzene ring substituents is 1. The predicted molar refractivity (Wildman–Crippen MR) is 85.7 cm³/mol. The fourth-order valence-corrected chi connectivity index (χ4v) is 4.19. The Morgan fingerprint density at radius 3 is 2.64 bits per heavy atom. The summed E-state index contributed by atoms with van der Waals surface area (Å²) in [7, 11) is 0. The Balaban J connectivity index is 2.18. The van der Waals surface area contributed by atoms with E-state index in [0.29, 0.717) is 17.8 Å². The van der Waals surface area contributed by atoms with Crippen molar-refractivity contribution in [1.82, 2.24) is 0 Å². The van der Waals surface area contributed by atoms with Gasteiger partial charge in [0.25, 0.3) is 5.69 Å². The van der Waals surface area contributed by atoms with E-state index in [1.165, 1.54) is 12.1 Å². The molecule has 122 valence electrons. The molecule has 1 fully saturated rings. The fraction of sp³-hybridized carbons (Fsp3) is 0.625. The van der Waals surface area contributed by atoms with Crippen LogP contribution in [0.5, 0.6) is 0 Å². The summed E-state index contributed by atoms with van der Waals surface area (Å²) in [5.41, 5.74) is -0.147. The van der Waals surface area contributed by atoms with E-state index in [1.54, 1.807) is 12.1 Å². The summed E-state index contributed by atoms with van der Waals surface area (Å²) in [6.07, 6.45) is 2.96. The minimum atomic E-state index is -1.81. The number of rotatable bonds is 5. The van der Waals surface area contributed by atoms with Crippen molar-refractivity contribution in [1.29, 1.82) is 0 Å². The molecule has 0 aliphatic heterocycles. The molecule has 1 aliphatic rings. The molecule has 1 aliphatic carbocycles. The smallest absolute Gasteiger partial charge is 0.283 e. The number of hydrogen-bond donors (Lipinski definition) is 0. The lowest BCUT2D eigenvalue weighted by molar-refractivity contribution is -0.387. The number of para-hydroxylation sites is 1. The summed E-state index contributed by atoms with van der Waals surface area (Å²) < 4.78 is 18.3. The topological polar surface area (TPSA) is 69.4 Å². The Kier molecular flexibility index (Phi) is 5.69. The van der Waals surface area contributed by atoms with Gasteiger partial charge in [-0.25, -0.2) is 4.21 Å². The Labute approximate surface area is 133 Å². The van der Waals surface area contributed by atoms with Gasteiger partial charge in [-0.1, -0.05) is 39.3 Å². The minimum absolute atomic E-state index is 0.107. The molecule has 1 saturated carbocycles. The molecule has 1 unspecified atom stereocenters. The highest BCUT2D eigenvalue weighted by molar-refractivity contribution is 7.80. The Morgan fingerprint density at radius 1 is 1.32 bits per heavy atom. The lowest BCUT2D eigenvalue weighted by atomic mass is 9.75. The third kappa shape index (κ3) is 3.93. The van der Waals surface area contributed by atoms with Crippen LogP contribution in [0, 0.1) is 27.9 Å². The Morgan fingerprint density at radius 2 is 2.00 bits per heavy atom. The highest BCUT2D eigenvalue weighted by atomic mass is 32.2. The molecule has 1 aromatic rings. The summed E-state index contributed by atoms with van der Waals surface area (Å²) >= 11 is -1.81. The van der Waals surface area contributed by atoms with Gasteiger partial charge in [-0.3, -0.25) is 14.3 Å².